The molecule has 0 aromatic carbocycles. The minimum atomic E-state index is -3.17. The number of sulfonamides is 1. The van der Waals surface area contributed by atoms with E-state index >= 15 is 0 Å². The highest BCUT2D eigenvalue weighted by Gasteiger charge is 2.24. The summed E-state index contributed by atoms with van der Waals surface area (Å²) in [5, 5.41) is 2.83. The van der Waals surface area contributed by atoms with Gasteiger partial charge in [-0.05, 0) is 36.4 Å². The predicted octanol–water partition coefficient (Wildman–Crippen LogP) is 1.67. The van der Waals surface area contributed by atoms with E-state index in [9.17, 15) is 13.2 Å². The van der Waals surface area contributed by atoms with Gasteiger partial charge in [-0.2, -0.15) is 4.31 Å². The maximum absolute atomic E-state index is 12.6. The van der Waals surface area contributed by atoms with Crippen molar-refractivity contribution in [3.05, 3.63) is 60.6 Å². The molecule has 9 heteroatoms. The molecule has 0 spiro atoms. The normalized spacial score (nSPS) is 15.7. The molecule has 0 atom stereocenters. The number of carbonyl (C=O) groups is 1. The zero-order valence-electron chi connectivity index (χ0n) is 15.4. The average molecular weight is 399 g/mol. The largest absolute Gasteiger partial charge is 0.355 e. The topological polar surface area (TPSA) is 87.0 Å². The molecule has 0 aliphatic carbocycles. The minimum absolute atomic E-state index is 0.212. The Bertz CT molecular complexity index is 1100. The van der Waals surface area contributed by atoms with Crippen molar-refractivity contribution in [3.8, 4) is 0 Å². The smallest absolute Gasteiger partial charge is 0.257 e. The van der Waals surface area contributed by atoms with Crippen molar-refractivity contribution < 1.29 is 13.2 Å². The molecule has 0 saturated carbocycles. The minimum Gasteiger partial charge on any atom is -0.355 e. The van der Waals surface area contributed by atoms with E-state index in [1.165, 1.54) is 10.6 Å². The van der Waals surface area contributed by atoms with Crippen LogP contribution in [0.15, 0.2) is 55.0 Å². The number of nitrogens with one attached hydrogen (secondary N) is 1. The lowest BCUT2D eigenvalue weighted by Crippen LogP contribution is -2.48. The van der Waals surface area contributed by atoms with Crippen LogP contribution in [0.25, 0.3) is 5.52 Å². The first-order valence-corrected chi connectivity index (χ1v) is 10.8. The molecule has 1 fully saturated rings. The molecule has 0 bridgehead atoms. The van der Waals surface area contributed by atoms with Crippen LogP contribution in [0, 0.1) is 0 Å². The van der Waals surface area contributed by atoms with Crippen molar-refractivity contribution in [2.45, 2.75) is 0 Å². The summed E-state index contributed by atoms with van der Waals surface area (Å²) in [6.07, 6.45) is 6.29. The van der Waals surface area contributed by atoms with Crippen LogP contribution in [0.3, 0.4) is 0 Å². The summed E-state index contributed by atoms with van der Waals surface area (Å²) < 4.78 is 26.9. The second kappa shape index (κ2) is 7.25. The number of anilines is 2. The van der Waals surface area contributed by atoms with Gasteiger partial charge in [-0.3, -0.25) is 9.78 Å². The molecule has 4 heterocycles. The number of hydrogen-bond acceptors (Lipinski definition) is 5. The number of fused-ring (bicyclic) bond motifs is 1. The van der Waals surface area contributed by atoms with Gasteiger partial charge in [-0.1, -0.05) is 0 Å². The van der Waals surface area contributed by atoms with E-state index in [2.05, 4.69) is 15.2 Å². The van der Waals surface area contributed by atoms with E-state index in [0.717, 1.165) is 11.3 Å². The van der Waals surface area contributed by atoms with Crippen LogP contribution in [0.1, 0.15) is 10.4 Å². The average Bonchev–Trinajstić information content (AvgIpc) is 3.11. The highest BCUT2D eigenvalue weighted by Crippen LogP contribution is 2.22. The molecule has 1 aliphatic heterocycles. The van der Waals surface area contributed by atoms with Gasteiger partial charge in [-0.15, -0.1) is 0 Å². The predicted molar refractivity (Wildman–Crippen MR) is 108 cm³/mol. The van der Waals surface area contributed by atoms with Gasteiger partial charge in [0.05, 0.1) is 23.7 Å². The first-order chi connectivity index (χ1) is 13.4. The van der Waals surface area contributed by atoms with Gasteiger partial charge in [0, 0.05) is 44.1 Å². The molecule has 8 nitrogen and oxygen atoms in total. The summed E-state index contributed by atoms with van der Waals surface area (Å²) in [6, 6.07) is 11.2. The van der Waals surface area contributed by atoms with Crippen LogP contribution < -0.4 is 10.2 Å². The number of aromatic nitrogens is 2. The monoisotopic (exact) mass is 399 g/mol. The fourth-order valence-electron chi connectivity index (χ4n) is 3.37. The van der Waals surface area contributed by atoms with Crippen LogP contribution >= 0.6 is 0 Å². The van der Waals surface area contributed by atoms with Crippen molar-refractivity contribution in [3.63, 3.8) is 0 Å². The van der Waals surface area contributed by atoms with E-state index < -0.39 is 10.0 Å². The maximum Gasteiger partial charge on any atom is 0.257 e. The standard InChI is InChI=1S/C19H21N5O3S/c1-28(26,27)23-11-9-22(10-12-23)18-7-6-17-5-4-15(14-24(17)18)19(25)21-16-3-2-8-20-13-16/h2-8,13-14H,9-12H2,1H3,(H,21,25). The Morgan fingerprint density at radius 1 is 1.07 bits per heavy atom. The van der Waals surface area contributed by atoms with Crippen LogP contribution in [-0.2, 0) is 10.0 Å². The maximum atomic E-state index is 12.6. The number of pyridine rings is 2. The lowest BCUT2D eigenvalue weighted by Gasteiger charge is -2.34. The van der Waals surface area contributed by atoms with Crippen molar-refractivity contribution in [2.24, 2.45) is 0 Å². The number of piperazine rings is 1. The van der Waals surface area contributed by atoms with Gasteiger partial charge in [0.25, 0.3) is 5.91 Å². The molecule has 4 rings (SSSR count). The lowest BCUT2D eigenvalue weighted by atomic mass is 10.2. The van der Waals surface area contributed by atoms with E-state index in [-0.39, 0.29) is 5.91 Å². The molecule has 1 amide bonds. The van der Waals surface area contributed by atoms with Crippen LogP contribution in [0.2, 0.25) is 0 Å². The highest BCUT2D eigenvalue weighted by molar-refractivity contribution is 7.88. The molecule has 1 saturated heterocycles. The van der Waals surface area contributed by atoms with E-state index in [1.807, 2.05) is 22.6 Å². The van der Waals surface area contributed by atoms with E-state index in [4.69, 9.17) is 0 Å². The van der Waals surface area contributed by atoms with E-state index in [0.29, 0.717) is 37.4 Å². The van der Waals surface area contributed by atoms with Crippen LogP contribution in [-0.4, -0.2) is 60.4 Å². The van der Waals surface area contributed by atoms with E-state index in [1.54, 1.807) is 36.8 Å². The number of carbonyl (C=O) groups excluding carboxylic acids is 1. The molecule has 146 valence electrons. The molecular weight excluding hydrogens is 378 g/mol. The fourth-order valence-corrected chi connectivity index (χ4v) is 4.19. The van der Waals surface area contributed by atoms with Crippen molar-refractivity contribution in [2.75, 3.05) is 42.7 Å². The Kier molecular flexibility index (Phi) is 4.78. The van der Waals surface area contributed by atoms with Crippen LogP contribution in [0.5, 0.6) is 0 Å². The summed E-state index contributed by atoms with van der Waals surface area (Å²) in [5.74, 6) is 0.732. The highest BCUT2D eigenvalue weighted by atomic mass is 32.2. The molecular formula is C19H21N5O3S. The van der Waals surface area contributed by atoms with Gasteiger partial charge in [0.15, 0.2) is 0 Å². The number of hydrogen-bond donors (Lipinski definition) is 1. The first-order valence-electron chi connectivity index (χ1n) is 8.94. The third-order valence-electron chi connectivity index (χ3n) is 4.84. The van der Waals surface area contributed by atoms with Crippen molar-refractivity contribution in [1.82, 2.24) is 13.7 Å². The first kappa shape index (κ1) is 18.5. The Labute approximate surface area is 163 Å². The van der Waals surface area contributed by atoms with Crippen molar-refractivity contribution in [1.29, 1.82) is 0 Å². The number of nitrogens with zero attached hydrogens (tertiary/aromatic N) is 4. The van der Waals surface area contributed by atoms with Gasteiger partial charge in [0.2, 0.25) is 10.0 Å². The van der Waals surface area contributed by atoms with Gasteiger partial charge in [0.1, 0.15) is 5.82 Å². The third-order valence-corrected chi connectivity index (χ3v) is 6.15. The number of amides is 1. The zero-order chi connectivity index (χ0) is 19.7. The third kappa shape index (κ3) is 3.71. The zero-order valence-corrected chi connectivity index (χ0v) is 16.3. The van der Waals surface area contributed by atoms with Gasteiger partial charge < -0.3 is 14.6 Å². The summed E-state index contributed by atoms with van der Waals surface area (Å²) in [6.45, 7) is 2.11. The quantitative estimate of drug-likeness (QED) is 0.721. The molecule has 0 radical (unpaired) electrons. The second-order valence-corrected chi connectivity index (χ2v) is 8.73. The van der Waals surface area contributed by atoms with Gasteiger partial charge >= 0.3 is 0 Å². The Morgan fingerprint density at radius 2 is 1.82 bits per heavy atom. The second-order valence-electron chi connectivity index (χ2n) is 6.75. The van der Waals surface area contributed by atoms with Crippen LogP contribution in [0.4, 0.5) is 11.5 Å². The fraction of sp³-hybridized carbons (Fsp3) is 0.263. The lowest BCUT2D eigenvalue weighted by molar-refractivity contribution is 0.102. The summed E-state index contributed by atoms with van der Waals surface area (Å²) in [7, 11) is -3.17. The Morgan fingerprint density at radius 3 is 2.50 bits per heavy atom. The molecule has 28 heavy (non-hydrogen) atoms. The Hall–Kier alpha value is -2.91. The molecule has 0 unspecified atom stereocenters. The SMILES string of the molecule is CS(=O)(=O)N1CCN(c2ccc3ccc(C(=O)Nc4cccnc4)cn23)CC1. The van der Waals surface area contributed by atoms with Gasteiger partial charge in [-0.25, -0.2) is 8.42 Å². The van der Waals surface area contributed by atoms with Crippen molar-refractivity contribution >= 4 is 33.0 Å². The molecule has 1 aliphatic rings. The molecule has 3 aromatic heterocycles. The summed E-state index contributed by atoms with van der Waals surface area (Å²) >= 11 is 0. The summed E-state index contributed by atoms with van der Waals surface area (Å²) in [4.78, 5) is 18.7. The molecule has 3 aromatic rings. The molecule has 1 N–H and O–H groups in total. The summed E-state index contributed by atoms with van der Waals surface area (Å²) in [5.41, 5.74) is 2.14. The Balaban J connectivity index is 1.56. The number of rotatable bonds is 4.